The van der Waals surface area contributed by atoms with Gasteiger partial charge in [0.15, 0.2) is 0 Å². The number of hydrogen-bond acceptors (Lipinski definition) is 4. The minimum Gasteiger partial charge on any atom is -0.481 e. The highest BCUT2D eigenvalue weighted by molar-refractivity contribution is 5.98. The number of halogens is 1. The summed E-state index contributed by atoms with van der Waals surface area (Å²) in [5.41, 5.74) is 2.38. The monoisotopic (exact) mass is 326 g/mol. The van der Waals surface area contributed by atoms with Gasteiger partial charge in [0.05, 0.1) is 13.0 Å². The zero-order valence-electron chi connectivity index (χ0n) is 12.9. The minimum absolute atomic E-state index is 0.293. The second-order valence-corrected chi connectivity index (χ2v) is 5.70. The molecule has 0 saturated heterocycles. The van der Waals surface area contributed by atoms with Crippen LogP contribution in [0.5, 0.6) is 5.88 Å². The van der Waals surface area contributed by atoms with E-state index in [1.807, 2.05) is 24.4 Å². The number of aromatic nitrogens is 3. The number of amides is 1. The maximum atomic E-state index is 12.9. The Kier molecular flexibility index (Phi) is 3.41. The number of carbonyl (C=O) groups is 1. The lowest BCUT2D eigenvalue weighted by Gasteiger charge is -2.06. The molecule has 7 heteroatoms. The van der Waals surface area contributed by atoms with Gasteiger partial charge in [-0.2, -0.15) is 0 Å². The van der Waals surface area contributed by atoms with Gasteiger partial charge in [-0.15, -0.1) is 0 Å². The second-order valence-electron chi connectivity index (χ2n) is 5.70. The van der Waals surface area contributed by atoms with E-state index >= 15 is 0 Å². The Morgan fingerprint density at radius 3 is 2.96 bits per heavy atom. The van der Waals surface area contributed by atoms with Gasteiger partial charge in [-0.25, -0.2) is 14.4 Å². The first-order chi connectivity index (χ1) is 11.7. The highest BCUT2D eigenvalue weighted by Crippen LogP contribution is 2.35. The third-order valence-electron chi connectivity index (χ3n) is 4.09. The predicted octanol–water partition coefficient (Wildman–Crippen LogP) is 2.93. The number of carbonyl (C=O) groups excluding carboxylic acids is 1. The molecule has 1 saturated carbocycles. The number of methoxy groups -OCH3 is 1. The maximum Gasteiger partial charge on any atom is 0.231 e. The molecular formula is C17H15FN4O2. The summed E-state index contributed by atoms with van der Waals surface area (Å²) in [5.74, 6) is 0.0630. The van der Waals surface area contributed by atoms with Crippen LogP contribution in [0.2, 0.25) is 0 Å². The van der Waals surface area contributed by atoms with E-state index in [0.29, 0.717) is 23.8 Å². The number of anilines is 1. The van der Waals surface area contributed by atoms with E-state index in [1.165, 1.54) is 0 Å². The van der Waals surface area contributed by atoms with Crippen molar-refractivity contribution < 1.29 is 13.9 Å². The maximum absolute atomic E-state index is 12.9. The average molecular weight is 326 g/mol. The summed E-state index contributed by atoms with van der Waals surface area (Å²) in [5, 5.41) is 3.53. The van der Waals surface area contributed by atoms with E-state index in [2.05, 4.69) is 20.3 Å². The fourth-order valence-corrected chi connectivity index (χ4v) is 2.71. The molecule has 24 heavy (non-hydrogen) atoms. The first-order valence-corrected chi connectivity index (χ1v) is 7.60. The largest absolute Gasteiger partial charge is 0.481 e. The van der Waals surface area contributed by atoms with E-state index in [9.17, 15) is 9.18 Å². The van der Waals surface area contributed by atoms with Crippen molar-refractivity contribution in [3.05, 3.63) is 36.7 Å². The Morgan fingerprint density at radius 2 is 2.21 bits per heavy atom. The number of rotatable bonds is 4. The molecule has 122 valence electrons. The standard InChI is InChI=1S/C17H15FN4O2/c1-24-17-10(3-2-6-19-17)12-8-20-15-9(12)4-5-14(21-15)22-16(23)11-7-13(11)18/h2-6,8,11,13H,7H2,1H3,(H2,20,21,22,23)/t11-,13+/m1/s1. The van der Waals surface area contributed by atoms with Gasteiger partial charge in [-0.05, 0) is 30.7 Å². The third kappa shape index (κ3) is 2.47. The van der Waals surface area contributed by atoms with E-state index < -0.39 is 12.1 Å². The summed E-state index contributed by atoms with van der Waals surface area (Å²) in [7, 11) is 1.57. The second kappa shape index (κ2) is 5.59. The smallest absolute Gasteiger partial charge is 0.231 e. The molecule has 1 fully saturated rings. The molecule has 0 unspecified atom stereocenters. The van der Waals surface area contributed by atoms with Gasteiger partial charge < -0.3 is 15.0 Å². The zero-order chi connectivity index (χ0) is 16.7. The number of pyridine rings is 2. The highest BCUT2D eigenvalue weighted by Gasteiger charge is 2.43. The number of hydrogen-bond donors (Lipinski definition) is 2. The van der Waals surface area contributed by atoms with Gasteiger partial charge in [0.25, 0.3) is 0 Å². The molecule has 1 amide bonds. The van der Waals surface area contributed by atoms with Crippen LogP contribution in [0.1, 0.15) is 6.42 Å². The SMILES string of the molecule is COc1ncccc1-c1c[nH]c2nc(NC(=O)[C@@H]3C[C@@H]3F)ccc12. The molecule has 6 nitrogen and oxygen atoms in total. The lowest BCUT2D eigenvalue weighted by atomic mass is 10.1. The fourth-order valence-electron chi connectivity index (χ4n) is 2.71. The molecule has 4 rings (SSSR count). The molecule has 2 N–H and O–H groups in total. The van der Waals surface area contributed by atoms with Gasteiger partial charge in [0.1, 0.15) is 17.6 Å². The average Bonchev–Trinajstić information content (AvgIpc) is 3.19. The number of H-pyrrole nitrogens is 1. The first kappa shape index (κ1) is 14.6. The molecule has 0 bridgehead atoms. The number of fused-ring (bicyclic) bond motifs is 1. The number of nitrogens with one attached hydrogen (secondary N) is 2. The Labute approximate surface area is 137 Å². The van der Waals surface area contributed by atoms with Crippen LogP contribution in [0.4, 0.5) is 10.2 Å². The van der Waals surface area contributed by atoms with Crippen molar-refractivity contribution in [2.75, 3.05) is 12.4 Å². The first-order valence-electron chi connectivity index (χ1n) is 7.60. The van der Waals surface area contributed by atoms with Crippen molar-refractivity contribution in [2.45, 2.75) is 12.6 Å². The third-order valence-corrected chi connectivity index (χ3v) is 4.09. The van der Waals surface area contributed by atoms with Crippen LogP contribution in [-0.4, -0.2) is 34.1 Å². The molecule has 0 aromatic carbocycles. The van der Waals surface area contributed by atoms with Crippen LogP contribution >= 0.6 is 0 Å². The van der Waals surface area contributed by atoms with Gasteiger partial charge in [0, 0.05) is 28.9 Å². The molecule has 0 radical (unpaired) electrons. The lowest BCUT2D eigenvalue weighted by molar-refractivity contribution is -0.117. The van der Waals surface area contributed by atoms with Crippen molar-refractivity contribution >= 4 is 22.8 Å². The summed E-state index contributed by atoms with van der Waals surface area (Å²) in [6.45, 7) is 0. The Hall–Kier alpha value is -2.96. The van der Waals surface area contributed by atoms with E-state index in [1.54, 1.807) is 19.4 Å². The molecule has 0 spiro atoms. The van der Waals surface area contributed by atoms with Crippen molar-refractivity contribution in [2.24, 2.45) is 5.92 Å². The van der Waals surface area contributed by atoms with Crippen molar-refractivity contribution in [1.29, 1.82) is 0 Å². The lowest BCUT2D eigenvalue weighted by Crippen LogP contribution is -2.15. The van der Waals surface area contributed by atoms with Gasteiger partial charge in [0.2, 0.25) is 11.8 Å². The molecule has 1 aliphatic rings. The summed E-state index contributed by atoms with van der Waals surface area (Å²) in [4.78, 5) is 23.5. The van der Waals surface area contributed by atoms with Crippen LogP contribution in [0.15, 0.2) is 36.7 Å². The highest BCUT2D eigenvalue weighted by atomic mass is 19.1. The quantitative estimate of drug-likeness (QED) is 0.772. The topological polar surface area (TPSA) is 79.9 Å². The van der Waals surface area contributed by atoms with Gasteiger partial charge in [-0.3, -0.25) is 4.79 Å². The van der Waals surface area contributed by atoms with Crippen LogP contribution in [0, 0.1) is 5.92 Å². The van der Waals surface area contributed by atoms with Crippen LogP contribution in [0.3, 0.4) is 0 Å². The summed E-state index contributed by atoms with van der Waals surface area (Å²) in [6.07, 6.45) is 2.76. The van der Waals surface area contributed by atoms with Crippen LogP contribution in [-0.2, 0) is 4.79 Å². The number of alkyl halides is 1. The van der Waals surface area contributed by atoms with E-state index in [0.717, 1.165) is 16.5 Å². The van der Waals surface area contributed by atoms with Crippen LogP contribution < -0.4 is 10.1 Å². The Balaban J connectivity index is 1.67. The Morgan fingerprint density at radius 1 is 1.38 bits per heavy atom. The van der Waals surface area contributed by atoms with Crippen molar-refractivity contribution in [3.8, 4) is 17.0 Å². The zero-order valence-corrected chi connectivity index (χ0v) is 12.9. The summed E-state index contributed by atoms with van der Waals surface area (Å²) in [6, 6.07) is 7.31. The predicted molar refractivity (Wildman–Crippen MR) is 87.5 cm³/mol. The normalized spacial score (nSPS) is 19.2. The molecule has 0 aliphatic heterocycles. The van der Waals surface area contributed by atoms with E-state index in [-0.39, 0.29) is 5.91 Å². The van der Waals surface area contributed by atoms with E-state index in [4.69, 9.17) is 4.74 Å². The van der Waals surface area contributed by atoms with Gasteiger partial charge in [-0.1, -0.05) is 0 Å². The molecule has 3 aromatic heterocycles. The Bertz CT molecular complexity index is 924. The van der Waals surface area contributed by atoms with Crippen LogP contribution in [0.25, 0.3) is 22.2 Å². The molecule has 3 aromatic rings. The summed E-state index contributed by atoms with van der Waals surface area (Å²) < 4.78 is 18.2. The van der Waals surface area contributed by atoms with Crippen molar-refractivity contribution in [1.82, 2.24) is 15.0 Å². The molecule has 2 atom stereocenters. The number of aromatic amines is 1. The minimum atomic E-state index is -1.02. The van der Waals surface area contributed by atoms with Crippen molar-refractivity contribution in [3.63, 3.8) is 0 Å². The molecule has 3 heterocycles. The van der Waals surface area contributed by atoms with Gasteiger partial charge >= 0.3 is 0 Å². The summed E-state index contributed by atoms with van der Waals surface area (Å²) >= 11 is 0. The molecule has 1 aliphatic carbocycles. The number of nitrogens with zero attached hydrogens (tertiary/aromatic N) is 2. The fraction of sp³-hybridized carbons (Fsp3) is 0.235. The number of ether oxygens (including phenoxy) is 1. The molecular weight excluding hydrogens is 311 g/mol.